The molecule has 0 aromatic carbocycles. The summed E-state index contributed by atoms with van der Waals surface area (Å²) in [6.07, 6.45) is 5.48. The Kier molecular flexibility index (Phi) is 9.64. The van der Waals surface area contributed by atoms with Crippen LogP contribution in [0.25, 0.3) is 11.2 Å². The van der Waals surface area contributed by atoms with Crippen LogP contribution in [0, 0.1) is 5.92 Å². The maximum Gasteiger partial charge on any atom is 0.328 e. The van der Waals surface area contributed by atoms with Gasteiger partial charge in [0.25, 0.3) is 0 Å². The van der Waals surface area contributed by atoms with Crippen LogP contribution in [0.5, 0.6) is 0 Å². The molecular formula is C18H30N5O6P. The molecule has 0 bridgehead atoms. The topological polar surface area (TPSA) is 163 Å². The molecule has 168 valence electrons. The third-order valence-electron chi connectivity index (χ3n) is 4.48. The SMILES string of the molecule is C[C@@H](CCCP(=O)(O)OCCCOCCCC(=O)O)Cn1cnc2c(N)ncnc21. The normalized spacial score (nSPS) is 14.6. The van der Waals surface area contributed by atoms with Crippen molar-refractivity contribution in [1.82, 2.24) is 19.5 Å². The number of ether oxygens (including phenoxy) is 1. The molecule has 0 fully saturated rings. The van der Waals surface area contributed by atoms with Crippen LogP contribution in [0.3, 0.4) is 0 Å². The van der Waals surface area contributed by atoms with Gasteiger partial charge >= 0.3 is 13.6 Å². The smallest absolute Gasteiger partial charge is 0.328 e. The first-order chi connectivity index (χ1) is 14.3. The van der Waals surface area contributed by atoms with Crippen molar-refractivity contribution in [3.63, 3.8) is 0 Å². The third kappa shape index (κ3) is 8.35. The molecule has 0 saturated heterocycles. The van der Waals surface area contributed by atoms with Crippen LogP contribution in [-0.2, 0) is 25.2 Å². The Bertz CT molecular complexity index is 861. The van der Waals surface area contributed by atoms with E-state index >= 15 is 0 Å². The first-order valence-electron chi connectivity index (χ1n) is 9.95. The molecule has 0 aliphatic heterocycles. The summed E-state index contributed by atoms with van der Waals surface area (Å²) in [7, 11) is -3.63. The Balaban J connectivity index is 1.60. The number of carbonyl (C=O) groups is 1. The van der Waals surface area contributed by atoms with Crippen molar-refractivity contribution in [3.8, 4) is 0 Å². The number of nitrogens with two attached hydrogens (primary N) is 1. The van der Waals surface area contributed by atoms with Gasteiger partial charge in [-0.1, -0.05) is 6.92 Å². The van der Waals surface area contributed by atoms with Gasteiger partial charge < -0.3 is 29.6 Å². The van der Waals surface area contributed by atoms with Gasteiger partial charge in [0.15, 0.2) is 11.5 Å². The van der Waals surface area contributed by atoms with Crippen LogP contribution < -0.4 is 5.73 Å². The highest BCUT2D eigenvalue weighted by Gasteiger charge is 2.19. The lowest BCUT2D eigenvalue weighted by atomic mass is 10.1. The van der Waals surface area contributed by atoms with E-state index in [9.17, 15) is 14.3 Å². The van der Waals surface area contributed by atoms with Crippen LogP contribution in [0.15, 0.2) is 12.7 Å². The second kappa shape index (κ2) is 11.9. The molecule has 12 heteroatoms. The number of anilines is 1. The molecule has 0 amide bonds. The molecule has 0 aliphatic carbocycles. The minimum Gasteiger partial charge on any atom is -0.481 e. The Morgan fingerprint density at radius 2 is 2.00 bits per heavy atom. The fourth-order valence-electron chi connectivity index (χ4n) is 2.96. The summed E-state index contributed by atoms with van der Waals surface area (Å²) < 4.78 is 24.4. The maximum atomic E-state index is 12.1. The van der Waals surface area contributed by atoms with Gasteiger partial charge in [0.1, 0.15) is 11.8 Å². The van der Waals surface area contributed by atoms with Crippen molar-refractivity contribution < 1.29 is 28.6 Å². The van der Waals surface area contributed by atoms with Crippen LogP contribution in [0.1, 0.15) is 39.0 Å². The number of hydrogen-bond acceptors (Lipinski definition) is 8. The molecule has 2 aromatic rings. The molecule has 30 heavy (non-hydrogen) atoms. The number of aliphatic carboxylic acids is 1. The van der Waals surface area contributed by atoms with Crippen molar-refractivity contribution >= 4 is 30.5 Å². The molecule has 11 nitrogen and oxygen atoms in total. The van der Waals surface area contributed by atoms with Gasteiger partial charge in [-0.05, 0) is 31.6 Å². The zero-order valence-corrected chi connectivity index (χ0v) is 18.0. The summed E-state index contributed by atoms with van der Waals surface area (Å²) in [4.78, 5) is 32.7. The number of imidazole rings is 1. The van der Waals surface area contributed by atoms with Crippen LogP contribution >= 0.6 is 7.60 Å². The molecular weight excluding hydrogens is 413 g/mol. The zero-order valence-electron chi connectivity index (χ0n) is 17.1. The predicted molar refractivity (Wildman–Crippen MR) is 111 cm³/mol. The summed E-state index contributed by atoms with van der Waals surface area (Å²) in [5.74, 6) is -0.261. The molecule has 0 aliphatic rings. The van der Waals surface area contributed by atoms with Gasteiger partial charge in [-0.3, -0.25) is 9.36 Å². The minimum absolute atomic E-state index is 0.0691. The highest BCUT2D eigenvalue weighted by Crippen LogP contribution is 2.43. The van der Waals surface area contributed by atoms with E-state index in [4.69, 9.17) is 20.1 Å². The standard InChI is InChI=1S/C18H30N5O6P/c1-14(11-23-13-22-16-17(19)20-12-21-18(16)23)5-3-10-30(26,27)29-9-4-8-28-7-2-6-15(24)25/h12-14H,2-11H2,1H3,(H,24,25)(H,26,27)(H2,19,20,21)/t14-/m0/s1. The second-order valence-corrected chi connectivity index (χ2v) is 9.21. The number of carboxylic acids is 1. The van der Waals surface area contributed by atoms with E-state index < -0.39 is 13.6 Å². The van der Waals surface area contributed by atoms with E-state index in [0.717, 1.165) is 6.42 Å². The predicted octanol–water partition coefficient (Wildman–Crippen LogP) is 2.30. The van der Waals surface area contributed by atoms with Gasteiger partial charge in [-0.25, -0.2) is 15.0 Å². The van der Waals surface area contributed by atoms with E-state index in [-0.39, 0.29) is 25.1 Å². The molecule has 4 N–H and O–H groups in total. The van der Waals surface area contributed by atoms with Crippen molar-refractivity contribution in [2.75, 3.05) is 31.7 Å². The van der Waals surface area contributed by atoms with Gasteiger partial charge in [0, 0.05) is 32.3 Å². The Morgan fingerprint density at radius 1 is 1.23 bits per heavy atom. The van der Waals surface area contributed by atoms with Gasteiger partial charge in [-0.2, -0.15) is 0 Å². The lowest BCUT2D eigenvalue weighted by molar-refractivity contribution is -0.137. The fraction of sp³-hybridized carbons (Fsp3) is 0.667. The highest BCUT2D eigenvalue weighted by molar-refractivity contribution is 7.52. The summed E-state index contributed by atoms with van der Waals surface area (Å²) >= 11 is 0. The average molecular weight is 443 g/mol. The number of rotatable bonds is 15. The summed E-state index contributed by atoms with van der Waals surface area (Å²) in [5, 5.41) is 8.52. The van der Waals surface area contributed by atoms with Crippen LogP contribution in [0.4, 0.5) is 5.82 Å². The first-order valence-corrected chi connectivity index (χ1v) is 11.7. The number of aromatic nitrogens is 4. The summed E-state index contributed by atoms with van der Waals surface area (Å²) in [6, 6.07) is 0. The number of nitrogens with zero attached hydrogens (tertiary/aromatic N) is 4. The van der Waals surface area contributed by atoms with Crippen LogP contribution in [-0.4, -0.2) is 61.5 Å². The van der Waals surface area contributed by atoms with Gasteiger partial charge in [0.2, 0.25) is 0 Å². The molecule has 2 heterocycles. The Labute approximate surface area is 175 Å². The third-order valence-corrected chi connectivity index (χ3v) is 5.95. The van der Waals surface area contributed by atoms with E-state index in [2.05, 4.69) is 21.9 Å². The highest BCUT2D eigenvalue weighted by atomic mass is 31.2. The zero-order chi connectivity index (χ0) is 22.0. The molecule has 1 unspecified atom stereocenters. The lowest BCUT2D eigenvalue weighted by Gasteiger charge is -2.15. The largest absolute Gasteiger partial charge is 0.481 e. The van der Waals surface area contributed by atoms with E-state index in [1.165, 1.54) is 6.33 Å². The molecule has 2 atom stereocenters. The minimum atomic E-state index is -3.63. The number of hydrogen-bond donors (Lipinski definition) is 3. The van der Waals surface area contributed by atoms with Crippen molar-refractivity contribution in [3.05, 3.63) is 12.7 Å². The van der Waals surface area contributed by atoms with Gasteiger partial charge in [-0.15, -0.1) is 0 Å². The Hall–Kier alpha value is -2.07. The van der Waals surface area contributed by atoms with E-state index in [1.54, 1.807) is 6.33 Å². The molecule has 0 saturated carbocycles. The van der Waals surface area contributed by atoms with Crippen molar-refractivity contribution in [2.45, 2.75) is 45.6 Å². The summed E-state index contributed by atoms with van der Waals surface area (Å²) in [6.45, 7) is 3.57. The van der Waals surface area contributed by atoms with E-state index in [1.807, 2.05) is 4.57 Å². The molecule has 0 radical (unpaired) electrons. The lowest BCUT2D eigenvalue weighted by Crippen LogP contribution is -2.09. The van der Waals surface area contributed by atoms with Gasteiger partial charge in [0.05, 0.1) is 12.9 Å². The van der Waals surface area contributed by atoms with Crippen LogP contribution in [0.2, 0.25) is 0 Å². The van der Waals surface area contributed by atoms with Crippen molar-refractivity contribution in [2.24, 2.45) is 5.92 Å². The fourth-order valence-corrected chi connectivity index (χ4v) is 4.08. The number of carboxylic acid groups (broad SMARTS) is 1. The molecule has 0 spiro atoms. The first kappa shape index (κ1) is 24.2. The molecule has 2 rings (SSSR count). The monoisotopic (exact) mass is 443 g/mol. The van der Waals surface area contributed by atoms with E-state index in [0.29, 0.717) is 56.0 Å². The number of nitrogen functional groups attached to an aromatic ring is 1. The molecule has 2 aromatic heterocycles. The Morgan fingerprint density at radius 3 is 2.77 bits per heavy atom. The average Bonchev–Trinajstić information content (AvgIpc) is 3.07. The second-order valence-electron chi connectivity index (χ2n) is 7.23. The summed E-state index contributed by atoms with van der Waals surface area (Å²) in [5.41, 5.74) is 7.04. The quantitative estimate of drug-likeness (QED) is 0.275. The number of fused-ring (bicyclic) bond motifs is 1. The van der Waals surface area contributed by atoms with Crippen molar-refractivity contribution in [1.29, 1.82) is 0 Å². The maximum absolute atomic E-state index is 12.1.